The number of aryl methyl sites for hydroxylation is 2. The maximum atomic E-state index is 5.41. The van der Waals surface area contributed by atoms with E-state index in [9.17, 15) is 0 Å². The Balaban J connectivity index is 2.08. The van der Waals surface area contributed by atoms with Crippen LogP contribution in [0.15, 0.2) is 18.7 Å². The number of aromatic nitrogens is 2. The van der Waals surface area contributed by atoms with Crippen molar-refractivity contribution in [1.82, 2.24) is 9.88 Å². The second kappa shape index (κ2) is 11.7. The van der Waals surface area contributed by atoms with E-state index in [1.807, 2.05) is 0 Å². The van der Waals surface area contributed by atoms with E-state index in [0.717, 1.165) is 45.1 Å². The molecule has 0 aliphatic heterocycles. The van der Waals surface area contributed by atoms with Gasteiger partial charge in [-0.1, -0.05) is 13.3 Å². The molecule has 0 radical (unpaired) electrons. The SMILES string of the molecule is CCCCn1cc[n+](CCCNCCC[Si](OC)(OC)OC)c1. The Morgan fingerprint density at radius 1 is 1.04 bits per heavy atom. The zero-order valence-corrected chi connectivity index (χ0v) is 16.2. The molecule has 0 spiro atoms. The van der Waals surface area contributed by atoms with Crippen LogP contribution in [0.5, 0.6) is 0 Å². The highest BCUT2D eigenvalue weighted by Crippen LogP contribution is 2.14. The summed E-state index contributed by atoms with van der Waals surface area (Å²) < 4.78 is 20.8. The molecule has 0 saturated heterocycles. The third-order valence-electron chi connectivity index (χ3n) is 4.06. The van der Waals surface area contributed by atoms with Gasteiger partial charge in [0.2, 0.25) is 6.33 Å². The number of nitrogens with zero attached hydrogens (tertiary/aromatic N) is 2. The molecular formula is C16H34N3O3Si+. The van der Waals surface area contributed by atoms with Crippen LogP contribution in [0.25, 0.3) is 0 Å². The van der Waals surface area contributed by atoms with E-state index in [-0.39, 0.29) is 0 Å². The van der Waals surface area contributed by atoms with Crippen molar-refractivity contribution in [2.24, 2.45) is 0 Å². The quantitative estimate of drug-likeness (QED) is 0.318. The summed E-state index contributed by atoms with van der Waals surface area (Å²) in [5.41, 5.74) is 0. The highest BCUT2D eigenvalue weighted by molar-refractivity contribution is 6.60. The van der Waals surface area contributed by atoms with Gasteiger partial charge in [-0.25, -0.2) is 9.13 Å². The minimum absolute atomic E-state index is 0.846. The Bertz CT molecular complexity index is 403. The Hall–Kier alpha value is -0.733. The third kappa shape index (κ3) is 7.58. The molecule has 1 aromatic rings. The number of hydrogen-bond donors (Lipinski definition) is 1. The molecule has 1 heterocycles. The van der Waals surface area contributed by atoms with Gasteiger partial charge in [0.05, 0.1) is 13.1 Å². The lowest BCUT2D eigenvalue weighted by molar-refractivity contribution is -0.696. The first-order chi connectivity index (χ1) is 11.2. The average Bonchev–Trinajstić information content (AvgIpc) is 3.04. The molecule has 0 saturated carbocycles. The minimum Gasteiger partial charge on any atom is -0.377 e. The van der Waals surface area contributed by atoms with Crippen LogP contribution in [-0.2, 0) is 26.4 Å². The topological polar surface area (TPSA) is 48.5 Å². The summed E-state index contributed by atoms with van der Waals surface area (Å²) in [6.07, 6.45) is 11.1. The number of imidazole rings is 1. The predicted molar refractivity (Wildman–Crippen MR) is 93.2 cm³/mol. The van der Waals surface area contributed by atoms with E-state index in [2.05, 4.69) is 40.1 Å². The molecule has 0 fully saturated rings. The molecule has 23 heavy (non-hydrogen) atoms. The van der Waals surface area contributed by atoms with E-state index in [1.165, 1.54) is 12.8 Å². The fourth-order valence-corrected chi connectivity index (χ4v) is 4.26. The number of unbranched alkanes of at least 4 members (excludes halogenated alkanes) is 1. The van der Waals surface area contributed by atoms with Gasteiger partial charge in [0.15, 0.2) is 0 Å². The summed E-state index contributed by atoms with van der Waals surface area (Å²) in [6.45, 7) is 6.38. The zero-order chi connectivity index (χ0) is 17.0. The Morgan fingerprint density at radius 2 is 1.74 bits per heavy atom. The highest BCUT2D eigenvalue weighted by atomic mass is 28.4. The molecule has 0 aliphatic rings. The van der Waals surface area contributed by atoms with Crippen LogP contribution in [0, 0.1) is 0 Å². The van der Waals surface area contributed by atoms with Gasteiger partial charge in [0.1, 0.15) is 12.4 Å². The predicted octanol–water partition coefficient (Wildman–Crippen LogP) is 1.82. The molecule has 0 bridgehead atoms. The second-order valence-electron chi connectivity index (χ2n) is 5.75. The van der Waals surface area contributed by atoms with Crippen LogP contribution in [0.2, 0.25) is 6.04 Å². The van der Waals surface area contributed by atoms with Gasteiger partial charge in [-0.15, -0.1) is 0 Å². The summed E-state index contributed by atoms with van der Waals surface area (Å²) in [5.74, 6) is 0. The summed E-state index contributed by atoms with van der Waals surface area (Å²) >= 11 is 0. The van der Waals surface area contributed by atoms with Gasteiger partial charge < -0.3 is 18.6 Å². The number of rotatable bonds is 14. The first kappa shape index (κ1) is 20.3. The first-order valence-electron chi connectivity index (χ1n) is 8.60. The lowest BCUT2D eigenvalue weighted by atomic mass is 10.3. The van der Waals surface area contributed by atoms with Crippen LogP contribution in [0.1, 0.15) is 32.6 Å². The van der Waals surface area contributed by atoms with Crippen molar-refractivity contribution < 1.29 is 17.8 Å². The Labute approximate surface area is 142 Å². The van der Waals surface area contributed by atoms with Gasteiger partial charge in [-0.05, 0) is 32.4 Å². The Morgan fingerprint density at radius 3 is 2.39 bits per heavy atom. The normalized spacial score (nSPS) is 12.0. The minimum atomic E-state index is -2.39. The van der Waals surface area contributed by atoms with Crippen molar-refractivity contribution in [2.45, 2.75) is 51.7 Å². The van der Waals surface area contributed by atoms with Crippen LogP contribution in [-0.4, -0.2) is 47.8 Å². The molecule has 0 amide bonds. The number of hydrogen-bond acceptors (Lipinski definition) is 4. The van der Waals surface area contributed by atoms with Crippen molar-refractivity contribution in [2.75, 3.05) is 34.4 Å². The van der Waals surface area contributed by atoms with Crippen molar-refractivity contribution in [1.29, 1.82) is 0 Å². The van der Waals surface area contributed by atoms with E-state index in [0.29, 0.717) is 0 Å². The summed E-state index contributed by atoms with van der Waals surface area (Å²) in [5, 5.41) is 3.48. The van der Waals surface area contributed by atoms with Gasteiger partial charge in [0, 0.05) is 27.4 Å². The summed E-state index contributed by atoms with van der Waals surface area (Å²) in [4.78, 5) is 0. The van der Waals surface area contributed by atoms with Crippen molar-refractivity contribution >= 4 is 8.80 Å². The average molecular weight is 345 g/mol. The smallest absolute Gasteiger partial charge is 0.377 e. The molecule has 0 atom stereocenters. The summed E-state index contributed by atoms with van der Waals surface area (Å²) in [7, 11) is 2.60. The molecular weight excluding hydrogens is 310 g/mol. The maximum absolute atomic E-state index is 5.41. The zero-order valence-electron chi connectivity index (χ0n) is 15.2. The molecule has 6 nitrogen and oxygen atoms in total. The fraction of sp³-hybridized carbons (Fsp3) is 0.812. The van der Waals surface area contributed by atoms with E-state index >= 15 is 0 Å². The molecule has 1 N–H and O–H groups in total. The molecule has 0 unspecified atom stereocenters. The lowest BCUT2D eigenvalue weighted by Crippen LogP contribution is -2.43. The van der Waals surface area contributed by atoms with Crippen LogP contribution >= 0.6 is 0 Å². The van der Waals surface area contributed by atoms with Crippen LogP contribution in [0.4, 0.5) is 0 Å². The fourth-order valence-electron chi connectivity index (χ4n) is 2.54. The summed E-state index contributed by atoms with van der Waals surface area (Å²) in [6, 6.07) is 0.846. The second-order valence-corrected chi connectivity index (χ2v) is 8.84. The van der Waals surface area contributed by atoms with Crippen LogP contribution < -0.4 is 9.88 Å². The highest BCUT2D eigenvalue weighted by Gasteiger charge is 2.36. The van der Waals surface area contributed by atoms with Gasteiger partial charge in [0.25, 0.3) is 0 Å². The maximum Gasteiger partial charge on any atom is 0.500 e. The largest absolute Gasteiger partial charge is 0.500 e. The molecule has 134 valence electrons. The first-order valence-corrected chi connectivity index (χ1v) is 10.5. The standard InChI is InChI=1S/C16H34N3O3Si/c1-5-6-11-18-13-14-19(16-18)12-7-9-17-10-8-15-23(20-2,21-3)22-4/h13-14,16-17H,5-12,15H2,1-4H3/q+1. The van der Waals surface area contributed by atoms with Crippen molar-refractivity contribution in [3.8, 4) is 0 Å². The molecule has 0 aromatic carbocycles. The van der Waals surface area contributed by atoms with Gasteiger partial charge in [-0.2, -0.15) is 0 Å². The third-order valence-corrected chi connectivity index (χ3v) is 6.89. The van der Waals surface area contributed by atoms with Crippen LogP contribution in [0.3, 0.4) is 0 Å². The van der Waals surface area contributed by atoms with Gasteiger partial charge >= 0.3 is 8.80 Å². The van der Waals surface area contributed by atoms with E-state index in [1.54, 1.807) is 21.3 Å². The van der Waals surface area contributed by atoms with Crippen molar-refractivity contribution in [3.63, 3.8) is 0 Å². The van der Waals surface area contributed by atoms with E-state index < -0.39 is 8.80 Å². The Kier molecular flexibility index (Phi) is 10.4. The molecule has 1 rings (SSSR count). The van der Waals surface area contributed by atoms with Gasteiger partial charge in [-0.3, -0.25) is 0 Å². The van der Waals surface area contributed by atoms with Crippen molar-refractivity contribution in [3.05, 3.63) is 18.7 Å². The molecule has 7 heteroatoms. The molecule has 0 aliphatic carbocycles. The van der Waals surface area contributed by atoms with E-state index in [4.69, 9.17) is 13.3 Å². The number of nitrogens with one attached hydrogen (secondary N) is 1. The lowest BCUT2D eigenvalue weighted by Gasteiger charge is -2.24. The monoisotopic (exact) mass is 344 g/mol. The molecule has 1 aromatic heterocycles.